The van der Waals surface area contributed by atoms with Crippen molar-refractivity contribution >= 4 is 16.9 Å². The number of aliphatic hydroxyl groups excluding tert-OH is 1. The molecule has 0 fully saturated rings. The molecule has 0 radical (unpaired) electrons. The van der Waals surface area contributed by atoms with Crippen LogP contribution in [0.3, 0.4) is 0 Å². The van der Waals surface area contributed by atoms with E-state index >= 15 is 0 Å². The maximum absolute atomic E-state index is 14.0. The van der Waals surface area contributed by atoms with Crippen molar-refractivity contribution in [2.24, 2.45) is 0 Å². The van der Waals surface area contributed by atoms with E-state index in [9.17, 15) is 23.5 Å². The Bertz CT molecular complexity index is 831. The standard InChI is InChI=1S/C15H16F2N2O4/c1-3-23-15(22)10-6-19(18)13-8(4-7(2)20)12(17)11(16)5-9(13)14(10)21/h5-7,20H,3-4,18H2,1-2H3. The van der Waals surface area contributed by atoms with Gasteiger partial charge in [-0.2, -0.15) is 0 Å². The lowest BCUT2D eigenvalue weighted by Gasteiger charge is -2.15. The minimum absolute atomic E-state index is 0.0476. The van der Waals surface area contributed by atoms with E-state index in [1.807, 2.05) is 0 Å². The van der Waals surface area contributed by atoms with Crippen LogP contribution in [0.2, 0.25) is 0 Å². The van der Waals surface area contributed by atoms with Gasteiger partial charge < -0.3 is 15.7 Å². The quantitative estimate of drug-likeness (QED) is 0.648. The Hall–Kier alpha value is -2.48. The number of carbonyl (C=O) groups is 1. The number of hydrogen-bond acceptors (Lipinski definition) is 5. The smallest absolute Gasteiger partial charge is 0.343 e. The number of fused-ring (bicyclic) bond motifs is 1. The zero-order valence-corrected chi connectivity index (χ0v) is 12.6. The number of pyridine rings is 1. The van der Waals surface area contributed by atoms with Crippen LogP contribution in [0.5, 0.6) is 0 Å². The largest absolute Gasteiger partial charge is 0.462 e. The Balaban J connectivity index is 2.85. The first-order chi connectivity index (χ1) is 10.8. The molecule has 8 heteroatoms. The van der Waals surface area contributed by atoms with Crippen LogP contribution in [0.25, 0.3) is 10.9 Å². The van der Waals surface area contributed by atoms with Gasteiger partial charge in [0.25, 0.3) is 0 Å². The lowest BCUT2D eigenvalue weighted by atomic mass is 10.0. The zero-order chi connectivity index (χ0) is 17.3. The number of nitrogens with two attached hydrogens (primary N) is 1. The molecule has 1 heterocycles. The molecule has 0 saturated heterocycles. The van der Waals surface area contributed by atoms with Gasteiger partial charge in [0.2, 0.25) is 5.43 Å². The highest BCUT2D eigenvalue weighted by molar-refractivity contribution is 5.94. The number of nitrogen functional groups attached to an aromatic ring is 1. The second kappa shape index (κ2) is 6.33. The summed E-state index contributed by atoms with van der Waals surface area (Å²) in [7, 11) is 0. The van der Waals surface area contributed by atoms with Crippen molar-refractivity contribution in [2.75, 3.05) is 12.4 Å². The fourth-order valence-corrected chi connectivity index (χ4v) is 2.38. The Morgan fingerprint density at radius 1 is 1.48 bits per heavy atom. The number of aromatic nitrogens is 1. The van der Waals surface area contributed by atoms with Crippen LogP contribution in [0, 0.1) is 11.6 Å². The van der Waals surface area contributed by atoms with Gasteiger partial charge >= 0.3 is 5.97 Å². The molecule has 2 rings (SSSR count). The first-order valence-corrected chi connectivity index (χ1v) is 6.94. The van der Waals surface area contributed by atoms with Crippen molar-refractivity contribution in [2.45, 2.75) is 26.4 Å². The van der Waals surface area contributed by atoms with Crippen LogP contribution in [0.4, 0.5) is 8.78 Å². The first kappa shape index (κ1) is 16.9. The number of carbonyl (C=O) groups excluding carboxylic acids is 1. The van der Waals surface area contributed by atoms with E-state index in [1.165, 1.54) is 6.92 Å². The summed E-state index contributed by atoms with van der Waals surface area (Å²) in [5, 5.41) is 9.21. The number of benzene rings is 1. The molecule has 124 valence electrons. The average Bonchev–Trinajstić information content (AvgIpc) is 2.47. The first-order valence-electron chi connectivity index (χ1n) is 6.94. The number of nitrogens with zero attached hydrogens (tertiary/aromatic N) is 1. The molecule has 1 unspecified atom stereocenters. The Kier molecular flexibility index (Phi) is 4.65. The topological polar surface area (TPSA) is 94.6 Å². The number of hydrogen-bond donors (Lipinski definition) is 2. The highest BCUT2D eigenvalue weighted by Gasteiger charge is 2.22. The van der Waals surface area contributed by atoms with Gasteiger partial charge in [-0.3, -0.25) is 9.47 Å². The molecule has 6 nitrogen and oxygen atoms in total. The van der Waals surface area contributed by atoms with E-state index < -0.39 is 29.1 Å². The normalized spacial score (nSPS) is 12.4. The summed E-state index contributed by atoms with van der Waals surface area (Å²) in [6.07, 6.45) is -0.213. The molecule has 0 amide bonds. The number of ether oxygens (including phenoxy) is 1. The summed E-state index contributed by atoms with van der Waals surface area (Å²) in [5.41, 5.74) is -1.50. The van der Waals surface area contributed by atoms with Crippen LogP contribution >= 0.6 is 0 Å². The minimum atomic E-state index is -1.26. The average molecular weight is 326 g/mol. The molecule has 0 aliphatic carbocycles. The molecule has 3 N–H and O–H groups in total. The Morgan fingerprint density at radius 2 is 2.13 bits per heavy atom. The second-order valence-electron chi connectivity index (χ2n) is 5.10. The summed E-state index contributed by atoms with van der Waals surface area (Å²) in [4.78, 5) is 24.2. The molecule has 1 aromatic heterocycles. The number of rotatable bonds is 4. The van der Waals surface area contributed by atoms with E-state index in [0.717, 1.165) is 10.9 Å². The summed E-state index contributed by atoms with van der Waals surface area (Å²) < 4.78 is 33.4. The van der Waals surface area contributed by atoms with Gasteiger partial charge in [-0.1, -0.05) is 0 Å². The van der Waals surface area contributed by atoms with Gasteiger partial charge in [0.05, 0.1) is 23.6 Å². The van der Waals surface area contributed by atoms with Gasteiger partial charge in [0.15, 0.2) is 11.6 Å². The van der Waals surface area contributed by atoms with Crippen molar-refractivity contribution in [1.82, 2.24) is 4.68 Å². The highest BCUT2D eigenvalue weighted by atomic mass is 19.2. The number of aliphatic hydroxyl groups is 1. The van der Waals surface area contributed by atoms with Crippen molar-refractivity contribution in [3.05, 3.63) is 45.2 Å². The summed E-state index contributed by atoms with van der Waals surface area (Å²) >= 11 is 0. The van der Waals surface area contributed by atoms with Crippen molar-refractivity contribution in [1.29, 1.82) is 0 Å². The van der Waals surface area contributed by atoms with Gasteiger partial charge in [0.1, 0.15) is 5.56 Å². The maximum atomic E-state index is 14.0. The fourth-order valence-electron chi connectivity index (χ4n) is 2.38. The minimum Gasteiger partial charge on any atom is -0.462 e. The molecule has 23 heavy (non-hydrogen) atoms. The monoisotopic (exact) mass is 326 g/mol. The van der Waals surface area contributed by atoms with E-state index in [-0.39, 0.29) is 35.1 Å². The van der Waals surface area contributed by atoms with E-state index in [4.69, 9.17) is 10.6 Å². The molecule has 2 aromatic rings. The molecule has 0 spiro atoms. The highest BCUT2D eigenvalue weighted by Crippen LogP contribution is 2.23. The molecule has 1 atom stereocenters. The maximum Gasteiger partial charge on any atom is 0.343 e. The molecule has 0 aliphatic rings. The third kappa shape index (κ3) is 3.02. The van der Waals surface area contributed by atoms with Crippen LogP contribution in [0.15, 0.2) is 17.1 Å². The van der Waals surface area contributed by atoms with Crippen LogP contribution in [-0.4, -0.2) is 28.5 Å². The van der Waals surface area contributed by atoms with E-state index in [2.05, 4.69) is 0 Å². The molecule has 1 aromatic carbocycles. The van der Waals surface area contributed by atoms with Gasteiger partial charge in [-0.05, 0) is 19.9 Å². The molecule has 0 saturated carbocycles. The summed E-state index contributed by atoms with van der Waals surface area (Å²) in [6.45, 7) is 3.00. The summed E-state index contributed by atoms with van der Waals surface area (Å²) in [6, 6.07) is 0.685. The lowest BCUT2D eigenvalue weighted by molar-refractivity contribution is 0.0524. The van der Waals surface area contributed by atoms with E-state index in [1.54, 1.807) is 6.92 Å². The van der Waals surface area contributed by atoms with Gasteiger partial charge in [-0.25, -0.2) is 13.6 Å². The third-order valence-electron chi connectivity index (χ3n) is 3.30. The van der Waals surface area contributed by atoms with Crippen molar-refractivity contribution in [3.8, 4) is 0 Å². The Morgan fingerprint density at radius 3 is 2.70 bits per heavy atom. The zero-order valence-electron chi connectivity index (χ0n) is 12.6. The van der Waals surface area contributed by atoms with Crippen molar-refractivity contribution in [3.63, 3.8) is 0 Å². The molecular weight excluding hydrogens is 310 g/mol. The van der Waals surface area contributed by atoms with Gasteiger partial charge in [-0.15, -0.1) is 0 Å². The molecule has 0 bridgehead atoms. The second-order valence-corrected chi connectivity index (χ2v) is 5.10. The van der Waals surface area contributed by atoms with Crippen LogP contribution in [-0.2, 0) is 11.2 Å². The summed E-state index contributed by atoms with van der Waals surface area (Å²) in [5.74, 6) is 2.40. The van der Waals surface area contributed by atoms with Gasteiger partial charge in [0, 0.05) is 18.2 Å². The number of esters is 1. The predicted octanol–water partition coefficient (Wildman–Crippen LogP) is 1.09. The van der Waals surface area contributed by atoms with Crippen molar-refractivity contribution < 1.29 is 23.4 Å². The van der Waals surface area contributed by atoms with Crippen LogP contribution < -0.4 is 11.3 Å². The number of halogens is 2. The molecular formula is C15H16F2N2O4. The SMILES string of the molecule is CCOC(=O)c1cn(N)c2c(CC(C)O)c(F)c(F)cc2c1=O. The lowest BCUT2D eigenvalue weighted by Crippen LogP contribution is -2.25. The van der Waals surface area contributed by atoms with E-state index in [0.29, 0.717) is 6.07 Å². The fraction of sp³-hybridized carbons (Fsp3) is 0.333. The van der Waals surface area contributed by atoms with Crippen LogP contribution in [0.1, 0.15) is 29.8 Å². The predicted molar refractivity (Wildman–Crippen MR) is 79.6 cm³/mol. The molecule has 0 aliphatic heterocycles. The third-order valence-corrected chi connectivity index (χ3v) is 3.30. The Labute approximate surface area is 130 Å².